The van der Waals surface area contributed by atoms with E-state index in [1.54, 1.807) is 58.0 Å². The van der Waals surface area contributed by atoms with E-state index in [9.17, 15) is 14.4 Å². The quantitative estimate of drug-likeness (QED) is 0.194. The van der Waals surface area contributed by atoms with Crippen molar-refractivity contribution in [1.29, 1.82) is 0 Å². The Balaban J connectivity index is 0.000000271. The predicted octanol–water partition coefficient (Wildman–Crippen LogP) is 5.29. The first kappa shape index (κ1) is 28.6. The summed E-state index contributed by atoms with van der Waals surface area (Å²) in [6.07, 6.45) is 0.133. The molecule has 0 radical (unpaired) electrons. The van der Waals surface area contributed by atoms with Crippen LogP contribution in [0.15, 0.2) is 78.9 Å². The Labute approximate surface area is 224 Å². The van der Waals surface area contributed by atoms with Crippen molar-refractivity contribution in [2.45, 2.75) is 39.7 Å². The first-order valence-corrected chi connectivity index (χ1v) is 12.6. The van der Waals surface area contributed by atoms with Crippen LogP contribution in [0.5, 0.6) is 0 Å². The molecule has 0 saturated carbocycles. The van der Waals surface area contributed by atoms with E-state index in [-0.39, 0.29) is 25.6 Å². The molecule has 4 rings (SSSR count). The summed E-state index contributed by atoms with van der Waals surface area (Å²) in [5, 5.41) is 0. The van der Waals surface area contributed by atoms with E-state index in [2.05, 4.69) is 48.5 Å². The number of rotatable bonds is 8. The van der Waals surface area contributed by atoms with E-state index >= 15 is 0 Å². The van der Waals surface area contributed by atoms with E-state index in [0.29, 0.717) is 5.56 Å². The molecule has 1 unspecified atom stereocenters. The lowest BCUT2D eigenvalue weighted by atomic mass is 9.85. The Morgan fingerprint density at radius 1 is 0.816 bits per heavy atom. The highest BCUT2D eigenvalue weighted by atomic mass is 16.6. The van der Waals surface area contributed by atoms with E-state index in [4.69, 9.17) is 15.2 Å². The lowest BCUT2D eigenvalue weighted by molar-refractivity contribution is -0.180. The molecule has 0 aromatic heterocycles. The van der Waals surface area contributed by atoms with E-state index in [1.807, 2.05) is 0 Å². The number of carbonyl (C=O) groups is 3. The molecule has 0 fully saturated rings. The van der Waals surface area contributed by atoms with Crippen molar-refractivity contribution in [1.82, 2.24) is 4.90 Å². The van der Waals surface area contributed by atoms with Crippen molar-refractivity contribution in [2.24, 2.45) is 11.1 Å². The Morgan fingerprint density at radius 2 is 1.42 bits per heavy atom. The molecule has 2 aromatic carbocycles. The van der Waals surface area contributed by atoms with Crippen LogP contribution in [0.1, 0.15) is 44.5 Å². The predicted molar refractivity (Wildman–Crippen MR) is 148 cm³/mol. The third-order valence-electron chi connectivity index (χ3n) is 6.22. The highest BCUT2D eigenvalue weighted by Gasteiger charge is 2.48. The Kier molecular flexibility index (Phi) is 9.07. The van der Waals surface area contributed by atoms with Crippen LogP contribution in [-0.2, 0) is 19.1 Å². The minimum Gasteiger partial charge on any atom is -0.459 e. The van der Waals surface area contributed by atoms with E-state index in [1.165, 1.54) is 34.2 Å². The van der Waals surface area contributed by atoms with Crippen molar-refractivity contribution < 1.29 is 23.9 Å². The van der Waals surface area contributed by atoms with Gasteiger partial charge in [-0.15, -0.1) is 0 Å². The van der Waals surface area contributed by atoms with Gasteiger partial charge in [-0.25, -0.2) is 0 Å². The van der Waals surface area contributed by atoms with Crippen LogP contribution in [0.4, 0.5) is 0 Å². The van der Waals surface area contributed by atoms with Crippen LogP contribution in [-0.4, -0.2) is 48.7 Å². The van der Waals surface area contributed by atoms with Crippen molar-refractivity contribution >= 4 is 17.8 Å². The van der Waals surface area contributed by atoms with Crippen LogP contribution in [0.3, 0.4) is 0 Å². The highest BCUT2D eigenvalue weighted by molar-refractivity contribution is 6.01. The molecular formula is C31H36N2O5. The molecule has 2 aromatic rings. The zero-order chi connectivity index (χ0) is 27.9. The summed E-state index contributed by atoms with van der Waals surface area (Å²) in [7, 11) is 1.51. The molecule has 1 atom stereocenters. The molecule has 0 heterocycles. The average Bonchev–Trinajstić information content (AvgIpc) is 3.57. The molecular weight excluding hydrogens is 480 g/mol. The maximum absolute atomic E-state index is 12.6. The minimum absolute atomic E-state index is 0.133. The van der Waals surface area contributed by atoms with Crippen molar-refractivity contribution in [3.63, 3.8) is 0 Å². The van der Waals surface area contributed by atoms with Crippen LogP contribution in [0, 0.1) is 5.41 Å². The molecule has 1 amide bonds. The van der Waals surface area contributed by atoms with Crippen molar-refractivity contribution in [2.75, 3.05) is 20.3 Å². The van der Waals surface area contributed by atoms with Crippen LogP contribution < -0.4 is 5.73 Å². The standard InChI is InChI=1S/C19H28N2O5.C12H8/c1-6-19(12-20,17(24)26-18(2,3)4)16(23)25-13-21(5)15(22)14-10-8-7-9-11-14;1-2-4-9(5-3-1)11-7-6-10-8-12(10)11/h7-11H,6,12-13,20H2,1-5H3;1-8H. The molecule has 7 heteroatoms. The van der Waals surface area contributed by atoms with Crippen LogP contribution in [0.25, 0.3) is 22.3 Å². The normalized spacial score (nSPS) is 12.8. The lowest BCUT2D eigenvalue weighted by Gasteiger charge is -2.31. The monoisotopic (exact) mass is 516 g/mol. The third-order valence-corrected chi connectivity index (χ3v) is 6.22. The fourth-order valence-electron chi connectivity index (χ4n) is 3.84. The molecule has 7 nitrogen and oxygen atoms in total. The van der Waals surface area contributed by atoms with Gasteiger partial charge in [0.2, 0.25) is 0 Å². The van der Waals surface area contributed by atoms with Gasteiger partial charge in [0.25, 0.3) is 5.91 Å². The van der Waals surface area contributed by atoms with Gasteiger partial charge in [-0.2, -0.15) is 0 Å². The summed E-state index contributed by atoms with van der Waals surface area (Å²) in [4.78, 5) is 38.6. The van der Waals surface area contributed by atoms with Crippen LogP contribution in [0.2, 0.25) is 0 Å². The Bertz CT molecular complexity index is 1260. The topological polar surface area (TPSA) is 98.9 Å². The number of hydrogen-bond donors (Lipinski definition) is 1. The first-order chi connectivity index (χ1) is 18.0. The van der Waals surface area contributed by atoms with E-state index < -0.39 is 23.0 Å². The number of nitrogens with zero attached hydrogens (tertiary/aromatic N) is 1. The fourth-order valence-corrected chi connectivity index (χ4v) is 3.84. The van der Waals surface area contributed by atoms with Crippen molar-refractivity contribution in [3.05, 3.63) is 84.4 Å². The third kappa shape index (κ3) is 6.86. The van der Waals surface area contributed by atoms with Crippen molar-refractivity contribution in [3.8, 4) is 22.3 Å². The molecule has 2 N–H and O–H groups in total. The zero-order valence-corrected chi connectivity index (χ0v) is 22.7. The average molecular weight is 517 g/mol. The number of carbonyl (C=O) groups excluding carboxylic acids is 3. The SMILES string of the molecule is CCC(CN)(C(=O)OCN(C)C(=O)c1ccccc1)C(=O)OC(C)(C)C.c1ccc(-c2ccc3cc2-3)cc1. The molecule has 0 saturated heterocycles. The maximum atomic E-state index is 12.6. The number of hydrogen-bond acceptors (Lipinski definition) is 6. The van der Waals surface area contributed by atoms with Gasteiger partial charge >= 0.3 is 11.9 Å². The summed E-state index contributed by atoms with van der Waals surface area (Å²) in [6.45, 7) is 6.25. The molecule has 0 bridgehead atoms. The van der Waals surface area contributed by atoms with Gasteiger partial charge in [0, 0.05) is 19.2 Å². The second-order valence-corrected chi connectivity index (χ2v) is 10.2. The summed E-state index contributed by atoms with van der Waals surface area (Å²) in [6, 6.07) is 25.7. The molecule has 2 aliphatic rings. The summed E-state index contributed by atoms with van der Waals surface area (Å²) in [5.41, 5.74) is 9.38. The lowest BCUT2D eigenvalue weighted by Crippen LogP contribution is -2.50. The molecule has 0 spiro atoms. The molecule has 38 heavy (non-hydrogen) atoms. The van der Waals surface area contributed by atoms with E-state index in [0.717, 1.165) is 0 Å². The molecule has 2 aliphatic carbocycles. The second-order valence-electron chi connectivity index (χ2n) is 10.2. The minimum atomic E-state index is -1.59. The van der Waals surface area contributed by atoms with Gasteiger partial charge in [0.1, 0.15) is 5.60 Å². The van der Waals surface area contributed by atoms with Crippen LogP contribution >= 0.6 is 0 Å². The van der Waals surface area contributed by atoms with Gasteiger partial charge in [0.05, 0.1) is 0 Å². The highest BCUT2D eigenvalue weighted by Crippen LogP contribution is 2.43. The number of amides is 1. The van der Waals surface area contributed by atoms with Gasteiger partial charge in [-0.3, -0.25) is 14.4 Å². The number of nitrogens with two attached hydrogens (primary N) is 1. The summed E-state index contributed by atoms with van der Waals surface area (Å²) in [5.74, 6) is -1.83. The Hall–Kier alpha value is -3.97. The summed E-state index contributed by atoms with van der Waals surface area (Å²) < 4.78 is 10.5. The molecule has 0 aliphatic heterocycles. The second kappa shape index (κ2) is 12.0. The number of ether oxygens (including phenoxy) is 2. The molecule has 200 valence electrons. The van der Waals surface area contributed by atoms with Gasteiger partial charge in [-0.1, -0.05) is 67.6 Å². The zero-order valence-electron chi connectivity index (χ0n) is 22.7. The summed E-state index contributed by atoms with van der Waals surface area (Å²) >= 11 is 0. The number of esters is 2. The first-order valence-electron chi connectivity index (χ1n) is 12.6. The Morgan fingerprint density at radius 3 is 1.89 bits per heavy atom. The smallest absolute Gasteiger partial charge is 0.326 e. The largest absolute Gasteiger partial charge is 0.459 e. The number of fused-ring (bicyclic) bond motifs is 1. The number of benzene rings is 3. The maximum Gasteiger partial charge on any atom is 0.326 e. The fraction of sp³-hybridized carbons (Fsp3) is 0.323. The van der Waals surface area contributed by atoms with Gasteiger partial charge in [0.15, 0.2) is 12.1 Å². The van der Waals surface area contributed by atoms with Gasteiger partial charge < -0.3 is 20.1 Å². The van der Waals surface area contributed by atoms with Gasteiger partial charge in [-0.05, 0) is 67.6 Å².